The second kappa shape index (κ2) is 17.1. The van der Waals surface area contributed by atoms with Crippen molar-refractivity contribution in [3.05, 3.63) is 261 Å². The Morgan fingerprint density at radius 3 is 1.18 bits per heavy atom. The van der Waals surface area contributed by atoms with Crippen molar-refractivity contribution in [1.29, 1.82) is 0 Å². The molecule has 14 rings (SSSR count). The van der Waals surface area contributed by atoms with Crippen LogP contribution in [0.5, 0.6) is 0 Å². The summed E-state index contributed by atoms with van der Waals surface area (Å²) in [4.78, 5) is 2.36. The topological polar surface area (TPSA) is 3.24 Å². The van der Waals surface area contributed by atoms with Gasteiger partial charge in [-0.15, -0.1) is 22.7 Å². The molecule has 0 spiro atoms. The zero-order chi connectivity index (χ0) is 46.8. The van der Waals surface area contributed by atoms with Crippen LogP contribution < -0.4 is 4.90 Å². The predicted molar refractivity (Wildman–Crippen MR) is 309 cm³/mol. The van der Waals surface area contributed by atoms with Gasteiger partial charge in [0.05, 0.1) is 0 Å². The molecule has 0 bridgehead atoms. The molecule has 332 valence electrons. The number of rotatable bonds is 8. The minimum absolute atomic E-state index is 1.09. The van der Waals surface area contributed by atoms with Crippen LogP contribution in [0.2, 0.25) is 0 Å². The molecule has 0 unspecified atom stereocenters. The summed E-state index contributed by atoms with van der Waals surface area (Å²) < 4.78 is 5.26. The van der Waals surface area contributed by atoms with Gasteiger partial charge >= 0.3 is 0 Å². The summed E-state index contributed by atoms with van der Waals surface area (Å²) in [5, 5.41) is 10.4. The van der Waals surface area contributed by atoms with Crippen LogP contribution in [0.4, 0.5) is 17.1 Å². The largest absolute Gasteiger partial charge is 0.311 e. The molecule has 0 saturated heterocycles. The Bertz CT molecular complexity index is 4220. The van der Waals surface area contributed by atoms with Gasteiger partial charge < -0.3 is 4.90 Å². The van der Waals surface area contributed by atoms with Gasteiger partial charge in [-0.05, 0) is 174 Å². The first-order chi connectivity index (χ1) is 35.1. The van der Waals surface area contributed by atoms with E-state index in [-0.39, 0.29) is 0 Å². The van der Waals surface area contributed by atoms with Gasteiger partial charge in [0.25, 0.3) is 0 Å². The van der Waals surface area contributed by atoms with Crippen molar-refractivity contribution in [2.24, 2.45) is 0 Å². The van der Waals surface area contributed by atoms with Gasteiger partial charge in [0.15, 0.2) is 0 Å². The molecule has 0 radical (unpaired) electrons. The third kappa shape index (κ3) is 7.46. The van der Waals surface area contributed by atoms with E-state index >= 15 is 0 Å². The van der Waals surface area contributed by atoms with Crippen LogP contribution in [0, 0.1) is 0 Å². The molecular formula is C68H43NS2. The normalized spacial score (nSPS) is 11.7. The number of hydrogen-bond donors (Lipinski definition) is 0. The first kappa shape index (κ1) is 41.4. The quantitative estimate of drug-likeness (QED) is 0.147. The van der Waals surface area contributed by atoms with Crippen molar-refractivity contribution in [1.82, 2.24) is 0 Å². The molecule has 0 aliphatic carbocycles. The third-order valence-electron chi connectivity index (χ3n) is 14.2. The smallest absolute Gasteiger partial charge is 0.0462 e. The first-order valence-corrected chi connectivity index (χ1v) is 25.8. The zero-order valence-electron chi connectivity index (χ0n) is 38.6. The van der Waals surface area contributed by atoms with Crippen molar-refractivity contribution >= 4 is 102 Å². The second-order valence-corrected chi connectivity index (χ2v) is 20.7. The molecule has 0 atom stereocenters. The highest BCUT2D eigenvalue weighted by atomic mass is 32.1. The van der Waals surface area contributed by atoms with Crippen molar-refractivity contribution in [2.45, 2.75) is 0 Å². The fourth-order valence-corrected chi connectivity index (χ4v) is 12.8. The fraction of sp³-hybridized carbons (Fsp3) is 0. The zero-order valence-corrected chi connectivity index (χ0v) is 40.2. The van der Waals surface area contributed by atoms with E-state index in [0.29, 0.717) is 0 Å². The molecule has 12 aromatic carbocycles. The minimum Gasteiger partial charge on any atom is -0.311 e. The van der Waals surface area contributed by atoms with Gasteiger partial charge in [-0.3, -0.25) is 0 Å². The maximum Gasteiger partial charge on any atom is 0.0462 e. The summed E-state index contributed by atoms with van der Waals surface area (Å²) in [7, 11) is 0. The first-order valence-electron chi connectivity index (χ1n) is 24.2. The molecule has 0 aliphatic heterocycles. The van der Waals surface area contributed by atoms with Crippen LogP contribution >= 0.6 is 22.7 Å². The van der Waals surface area contributed by atoms with E-state index in [9.17, 15) is 0 Å². The molecule has 2 heterocycles. The Morgan fingerprint density at radius 2 is 0.606 bits per heavy atom. The maximum atomic E-state index is 2.43. The van der Waals surface area contributed by atoms with Gasteiger partial charge in [0.1, 0.15) is 0 Å². The van der Waals surface area contributed by atoms with Gasteiger partial charge in [-0.25, -0.2) is 0 Å². The van der Waals surface area contributed by atoms with Crippen LogP contribution in [0.25, 0.3) is 118 Å². The summed E-state index contributed by atoms with van der Waals surface area (Å²) in [5.41, 5.74) is 15.2. The Morgan fingerprint density at radius 1 is 0.211 bits per heavy atom. The van der Waals surface area contributed by atoms with E-state index in [4.69, 9.17) is 0 Å². The Hall–Kier alpha value is -8.60. The molecule has 0 saturated carbocycles. The highest BCUT2D eigenvalue weighted by molar-refractivity contribution is 7.26. The monoisotopic (exact) mass is 937 g/mol. The van der Waals surface area contributed by atoms with Crippen LogP contribution in [-0.4, -0.2) is 0 Å². The lowest BCUT2D eigenvalue weighted by atomic mass is 9.92. The van der Waals surface area contributed by atoms with Crippen LogP contribution in [0.3, 0.4) is 0 Å². The van der Waals surface area contributed by atoms with E-state index in [1.165, 1.54) is 112 Å². The SMILES string of the molecule is c1ccc(-c2ccc(N(c3ccc(-c4ccccc4)cc3)c3ccc(-c4cc(-c5ccc6sc7cc8ccccc8cc7c6c5)cc(-c5ccc6sc7ccc8ccccc8c7c6c5)c4)cc3)cc2)cc1. The lowest BCUT2D eigenvalue weighted by molar-refractivity contribution is 1.28. The van der Waals surface area contributed by atoms with E-state index in [2.05, 4.69) is 266 Å². The van der Waals surface area contributed by atoms with Crippen molar-refractivity contribution in [3.8, 4) is 55.6 Å². The van der Waals surface area contributed by atoms with Gasteiger partial charge in [-0.2, -0.15) is 0 Å². The number of nitrogens with zero attached hydrogens (tertiary/aromatic N) is 1. The molecule has 0 N–H and O–H groups in total. The van der Waals surface area contributed by atoms with E-state index in [1.807, 2.05) is 22.7 Å². The average Bonchev–Trinajstić information content (AvgIpc) is 4.01. The lowest BCUT2D eigenvalue weighted by Gasteiger charge is -2.26. The highest BCUT2D eigenvalue weighted by Gasteiger charge is 2.17. The average molecular weight is 938 g/mol. The molecule has 0 amide bonds. The molecule has 2 aromatic heterocycles. The summed E-state index contributed by atoms with van der Waals surface area (Å²) in [6, 6.07) is 96.3. The number of benzene rings is 12. The van der Waals surface area contributed by atoms with Crippen LogP contribution in [0.15, 0.2) is 261 Å². The number of anilines is 3. The Balaban J connectivity index is 0.904. The van der Waals surface area contributed by atoms with Crippen molar-refractivity contribution in [3.63, 3.8) is 0 Å². The predicted octanol–water partition coefficient (Wildman–Crippen LogP) is 20.5. The maximum absolute atomic E-state index is 2.43. The van der Waals surface area contributed by atoms with Gasteiger partial charge in [0, 0.05) is 57.4 Å². The molecule has 3 heteroatoms. The van der Waals surface area contributed by atoms with E-state index in [0.717, 1.165) is 22.6 Å². The van der Waals surface area contributed by atoms with Crippen LogP contribution in [-0.2, 0) is 0 Å². The van der Waals surface area contributed by atoms with Crippen molar-refractivity contribution in [2.75, 3.05) is 4.90 Å². The molecule has 14 aromatic rings. The molecular weight excluding hydrogens is 895 g/mol. The Labute approximate surface area is 420 Å². The third-order valence-corrected chi connectivity index (χ3v) is 16.5. The van der Waals surface area contributed by atoms with E-state index < -0.39 is 0 Å². The van der Waals surface area contributed by atoms with Crippen LogP contribution in [0.1, 0.15) is 0 Å². The summed E-state index contributed by atoms with van der Waals surface area (Å²) in [5.74, 6) is 0. The van der Waals surface area contributed by atoms with E-state index in [1.54, 1.807) is 0 Å². The minimum atomic E-state index is 1.09. The molecule has 1 nitrogen and oxygen atoms in total. The van der Waals surface area contributed by atoms with Gasteiger partial charge in [0.2, 0.25) is 0 Å². The summed E-state index contributed by atoms with van der Waals surface area (Å²) >= 11 is 3.76. The number of fused-ring (bicyclic) bond motifs is 9. The summed E-state index contributed by atoms with van der Waals surface area (Å²) in [6.45, 7) is 0. The number of thiophene rings is 2. The Kier molecular flexibility index (Phi) is 9.97. The molecule has 0 aliphatic rings. The lowest BCUT2D eigenvalue weighted by Crippen LogP contribution is -2.09. The highest BCUT2D eigenvalue weighted by Crippen LogP contribution is 2.44. The summed E-state index contributed by atoms with van der Waals surface area (Å²) in [6.07, 6.45) is 0. The van der Waals surface area contributed by atoms with Gasteiger partial charge in [-0.1, -0.05) is 164 Å². The van der Waals surface area contributed by atoms with Crippen molar-refractivity contribution < 1.29 is 0 Å². The second-order valence-electron chi connectivity index (χ2n) is 18.5. The molecule has 71 heavy (non-hydrogen) atoms. The standard InChI is InChI=1S/C68H43NS2/c1-3-11-44(12-4-1)46-19-28-57(29-20-46)69(58-30-21-47(22-31-58)45-13-5-2-6-14-45)59-32-23-48(24-33-59)54-37-55(52-26-34-64-61(41-52)62-40-50-16-7-8-17-51(50)43-67(62)71-64)39-56(38-54)53-27-35-65-63(42-53)68-60-18-10-9-15-49(60)25-36-66(68)70-65/h1-43H. The number of hydrogen-bond acceptors (Lipinski definition) is 3. The fourth-order valence-electron chi connectivity index (χ4n) is 10.6. The molecule has 0 fully saturated rings.